The third-order valence-electron chi connectivity index (χ3n) is 4.48. The Bertz CT molecular complexity index is 905. The van der Waals surface area contributed by atoms with Gasteiger partial charge in [-0.25, -0.2) is 0 Å². The molecule has 2 amide bonds. The fourth-order valence-corrected chi connectivity index (χ4v) is 2.87. The number of guanidine groups is 1. The number of likely N-dealkylation sites (N-methyl/N-ethyl adjacent to an activating group) is 1. The van der Waals surface area contributed by atoms with Gasteiger partial charge in [0.1, 0.15) is 11.5 Å². The second-order valence-electron chi connectivity index (χ2n) is 7.14. The molecular weight excluding hydrogens is 413 g/mol. The second-order valence-corrected chi connectivity index (χ2v) is 7.14. The Morgan fingerprint density at radius 2 is 1.72 bits per heavy atom. The number of para-hydroxylation sites is 1. The van der Waals surface area contributed by atoms with Gasteiger partial charge >= 0.3 is 7.12 Å². The summed E-state index contributed by atoms with van der Waals surface area (Å²) in [7, 11) is -0.268. The molecule has 1 unspecified atom stereocenters. The van der Waals surface area contributed by atoms with Crippen LogP contribution in [0.4, 0.5) is 0 Å². The third-order valence-corrected chi connectivity index (χ3v) is 4.48. The van der Waals surface area contributed by atoms with Crippen LogP contribution in [-0.4, -0.2) is 65.9 Å². The van der Waals surface area contributed by atoms with Crippen LogP contribution in [0.25, 0.3) is 0 Å². The van der Waals surface area contributed by atoms with E-state index in [2.05, 4.69) is 10.3 Å². The highest BCUT2D eigenvalue weighted by Gasteiger charge is 2.25. The lowest BCUT2D eigenvalue weighted by molar-refractivity contribution is -0.122. The van der Waals surface area contributed by atoms with Gasteiger partial charge in [-0.2, -0.15) is 0 Å². The maximum Gasteiger partial charge on any atom is 0.475 e. The van der Waals surface area contributed by atoms with Gasteiger partial charge in [0.25, 0.3) is 5.91 Å². The number of aliphatic imine (C=N–C) groups is 1. The molecule has 0 aromatic heterocycles. The van der Waals surface area contributed by atoms with E-state index in [1.165, 1.54) is 11.9 Å². The third kappa shape index (κ3) is 8.28. The number of nitrogens with one attached hydrogen (secondary N) is 1. The first-order chi connectivity index (χ1) is 15.3. The van der Waals surface area contributed by atoms with Crippen molar-refractivity contribution < 1.29 is 24.4 Å². The predicted octanol–water partition coefficient (Wildman–Crippen LogP) is 0.101. The van der Waals surface area contributed by atoms with E-state index in [0.717, 1.165) is 0 Å². The van der Waals surface area contributed by atoms with E-state index >= 15 is 0 Å². The molecule has 0 spiro atoms. The van der Waals surface area contributed by atoms with Gasteiger partial charge in [0.2, 0.25) is 5.91 Å². The van der Waals surface area contributed by atoms with E-state index in [-0.39, 0.29) is 24.8 Å². The maximum absolute atomic E-state index is 12.6. The van der Waals surface area contributed by atoms with E-state index < -0.39 is 19.0 Å². The Morgan fingerprint density at radius 3 is 2.31 bits per heavy atom. The van der Waals surface area contributed by atoms with Crippen LogP contribution in [0.15, 0.2) is 59.6 Å². The highest BCUT2D eigenvalue weighted by atomic mass is 16.5. The summed E-state index contributed by atoms with van der Waals surface area (Å²) >= 11 is 0. The van der Waals surface area contributed by atoms with Crippen LogP contribution < -0.4 is 21.5 Å². The minimum atomic E-state index is -1.75. The molecule has 0 aliphatic carbocycles. The number of hydrogen-bond acceptors (Lipinski definition) is 6. The SMILES string of the molecule is CN(CC(=O)NC(CCCN=C(N)N)B(O)O)C(=O)c1ccc(Oc2ccccc2)cc1. The molecule has 0 saturated carbocycles. The molecule has 0 radical (unpaired) electrons. The average Bonchev–Trinajstić information content (AvgIpc) is 2.76. The topological polar surface area (TPSA) is 163 Å². The molecule has 11 heteroatoms. The lowest BCUT2D eigenvalue weighted by atomic mass is 9.76. The van der Waals surface area contributed by atoms with E-state index in [4.69, 9.17) is 16.2 Å². The Labute approximate surface area is 187 Å². The van der Waals surface area contributed by atoms with Crippen molar-refractivity contribution in [1.29, 1.82) is 0 Å². The summed E-state index contributed by atoms with van der Waals surface area (Å²) in [5.41, 5.74) is 10.9. The van der Waals surface area contributed by atoms with Crippen molar-refractivity contribution in [2.75, 3.05) is 20.1 Å². The number of hydrogen-bond donors (Lipinski definition) is 5. The normalized spacial score (nSPS) is 11.2. The average molecular weight is 441 g/mol. The molecule has 0 heterocycles. The van der Waals surface area contributed by atoms with Crippen LogP contribution in [0.2, 0.25) is 0 Å². The molecule has 2 rings (SSSR count). The second kappa shape index (κ2) is 12.3. The summed E-state index contributed by atoms with van der Waals surface area (Å²) in [6.45, 7) is 0.0437. The molecule has 10 nitrogen and oxygen atoms in total. The monoisotopic (exact) mass is 441 g/mol. The number of benzene rings is 2. The van der Waals surface area contributed by atoms with Crippen molar-refractivity contribution in [3.63, 3.8) is 0 Å². The van der Waals surface area contributed by atoms with Crippen LogP contribution in [0.3, 0.4) is 0 Å². The summed E-state index contributed by atoms with van der Waals surface area (Å²) < 4.78 is 5.70. The first kappa shape index (κ1) is 24.7. The number of nitrogens with two attached hydrogens (primary N) is 2. The molecule has 0 aliphatic heterocycles. The Balaban J connectivity index is 1.87. The lowest BCUT2D eigenvalue weighted by Crippen LogP contribution is -2.49. The first-order valence-electron chi connectivity index (χ1n) is 10.1. The fourth-order valence-electron chi connectivity index (χ4n) is 2.87. The van der Waals surface area contributed by atoms with E-state index in [0.29, 0.717) is 30.0 Å². The van der Waals surface area contributed by atoms with Gasteiger partial charge < -0.3 is 36.5 Å². The zero-order chi connectivity index (χ0) is 23.5. The highest BCUT2D eigenvalue weighted by molar-refractivity contribution is 6.43. The molecule has 2 aromatic rings. The minimum absolute atomic E-state index is 0.0602. The minimum Gasteiger partial charge on any atom is -0.457 e. The molecule has 170 valence electrons. The summed E-state index contributed by atoms with van der Waals surface area (Å²) in [5.74, 6) is -0.595. The van der Waals surface area contributed by atoms with Crippen LogP contribution in [0.5, 0.6) is 11.5 Å². The van der Waals surface area contributed by atoms with Crippen molar-refractivity contribution in [3.05, 3.63) is 60.2 Å². The smallest absolute Gasteiger partial charge is 0.457 e. The number of rotatable bonds is 11. The number of amides is 2. The van der Waals surface area contributed by atoms with Gasteiger partial charge in [0, 0.05) is 19.2 Å². The summed E-state index contributed by atoms with van der Waals surface area (Å²) in [6, 6.07) is 15.8. The van der Waals surface area contributed by atoms with E-state index in [9.17, 15) is 19.6 Å². The zero-order valence-corrected chi connectivity index (χ0v) is 17.8. The number of carbonyl (C=O) groups is 2. The van der Waals surface area contributed by atoms with Gasteiger partial charge in [0.15, 0.2) is 5.96 Å². The Morgan fingerprint density at radius 1 is 1.09 bits per heavy atom. The summed E-state index contributed by atoms with van der Waals surface area (Å²) in [4.78, 5) is 29.9. The molecular formula is C21H28BN5O5. The van der Waals surface area contributed by atoms with Crippen molar-refractivity contribution in [2.24, 2.45) is 16.5 Å². The largest absolute Gasteiger partial charge is 0.475 e. The summed E-state index contributed by atoms with van der Waals surface area (Å²) in [5, 5.41) is 21.5. The van der Waals surface area contributed by atoms with Gasteiger partial charge in [-0.3, -0.25) is 14.6 Å². The number of nitrogens with zero attached hydrogens (tertiary/aromatic N) is 2. The molecule has 1 atom stereocenters. The van der Waals surface area contributed by atoms with Gasteiger partial charge in [-0.15, -0.1) is 0 Å². The number of carbonyl (C=O) groups excluding carboxylic acids is 2. The lowest BCUT2D eigenvalue weighted by Gasteiger charge is -2.21. The van der Waals surface area contributed by atoms with Crippen molar-refractivity contribution in [2.45, 2.75) is 18.8 Å². The Kier molecular flexibility index (Phi) is 9.52. The fraction of sp³-hybridized carbons (Fsp3) is 0.286. The molecule has 0 saturated heterocycles. The first-order valence-corrected chi connectivity index (χ1v) is 10.1. The predicted molar refractivity (Wildman–Crippen MR) is 122 cm³/mol. The molecule has 0 fully saturated rings. The van der Waals surface area contributed by atoms with E-state index in [1.807, 2.05) is 30.3 Å². The van der Waals surface area contributed by atoms with Crippen molar-refractivity contribution in [3.8, 4) is 11.5 Å². The van der Waals surface area contributed by atoms with Gasteiger partial charge in [0.05, 0.1) is 12.5 Å². The van der Waals surface area contributed by atoms with Gasteiger partial charge in [-0.1, -0.05) is 18.2 Å². The van der Waals surface area contributed by atoms with Crippen LogP contribution in [0, 0.1) is 0 Å². The molecule has 32 heavy (non-hydrogen) atoms. The summed E-state index contributed by atoms with van der Waals surface area (Å²) in [6.07, 6.45) is 0.688. The van der Waals surface area contributed by atoms with Crippen LogP contribution in [-0.2, 0) is 4.79 Å². The Hall–Kier alpha value is -3.57. The molecule has 0 aliphatic rings. The van der Waals surface area contributed by atoms with Crippen molar-refractivity contribution in [1.82, 2.24) is 10.2 Å². The molecule has 7 N–H and O–H groups in total. The van der Waals surface area contributed by atoms with Crippen molar-refractivity contribution >= 4 is 24.9 Å². The molecule has 2 aromatic carbocycles. The molecule has 0 bridgehead atoms. The zero-order valence-electron chi connectivity index (χ0n) is 17.8. The maximum atomic E-state index is 12.6. The standard InChI is InChI=1S/C21H28BN5O5/c1-27(14-19(28)26-18(22(30)31)8-5-13-25-21(23)24)20(29)15-9-11-17(12-10-15)32-16-6-3-2-4-7-16/h2-4,6-7,9-12,18,30-31H,5,8,13-14H2,1H3,(H,26,28)(H4,23,24,25). The quantitative estimate of drug-likeness (QED) is 0.143. The highest BCUT2D eigenvalue weighted by Crippen LogP contribution is 2.21. The number of ether oxygens (including phenoxy) is 1. The van der Waals surface area contributed by atoms with Gasteiger partial charge in [-0.05, 0) is 49.2 Å². The van der Waals surface area contributed by atoms with Crippen LogP contribution in [0.1, 0.15) is 23.2 Å². The van der Waals surface area contributed by atoms with E-state index in [1.54, 1.807) is 24.3 Å². The van der Waals surface area contributed by atoms with Crippen LogP contribution >= 0.6 is 0 Å².